The minimum Gasteiger partial charge on any atom is -0.373 e. The van der Waals surface area contributed by atoms with Crippen LogP contribution in [0.25, 0.3) is 6.08 Å². The number of halogens is 3. The lowest BCUT2D eigenvalue weighted by atomic mass is 10.1. The van der Waals surface area contributed by atoms with Crippen LogP contribution in [0.15, 0.2) is 51.7 Å². The number of dihydropyridines is 1. The third-order valence-electron chi connectivity index (χ3n) is 5.00. The molecule has 2 aromatic rings. The maximum absolute atomic E-state index is 12.9. The lowest BCUT2D eigenvalue weighted by Gasteiger charge is -2.23. The number of H-pyrrole nitrogens is 1. The molecule has 10 heteroatoms. The first kappa shape index (κ1) is 19.7. The number of fused-ring (bicyclic) bond motifs is 1. The van der Waals surface area contributed by atoms with E-state index in [9.17, 15) is 18.0 Å². The van der Waals surface area contributed by atoms with Crippen molar-refractivity contribution in [3.63, 3.8) is 0 Å². The Kier molecular flexibility index (Phi) is 4.84. The fourth-order valence-electron chi connectivity index (χ4n) is 3.51. The van der Waals surface area contributed by atoms with Gasteiger partial charge in [0, 0.05) is 12.7 Å². The van der Waals surface area contributed by atoms with Gasteiger partial charge in [-0.3, -0.25) is 19.5 Å². The molecule has 2 aliphatic heterocycles. The molecule has 0 spiro atoms. The lowest BCUT2D eigenvalue weighted by molar-refractivity contribution is -0.137. The van der Waals surface area contributed by atoms with Gasteiger partial charge in [0.25, 0.3) is 0 Å². The maximum Gasteiger partial charge on any atom is 0.416 e. The SMILES string of the molecule is C=Cc1c(NC)[nH]c(=O)n1C1C=CC(C2=NCc3cc(C(F)(F)F)ccc3N2)=NC1. The minimum absolute atomic E-state index is 0.126. The molecule has 1 aromatic carbocycles. The second-order valence-electron chi connectivity index (χ2n) is 6.83. The predicted octanol–water partition coefficient (Wildman–Crippen LogP) is 3.46. The summed E-state index contributed by atoms with van der Waals surface area (Å²) in [7, 11) is 1.71. The third kappa shape index (κ3) is 3.44. The number of nitrogens with one attached hydrogen (secondary N) is 3. The number of anilines is 2. The molecule has 0 radical (unpaired) electrons. The molecule has 1 atom stereocenters. The summed E-state index contributed by atoms with van der Waals surface area (Å²) in [6.07, 6.45) is 0.796. The topological polar surface area (TPSA) is 86.6 Å². The van der Waals surface area contributed by atoms with E-state index in [-0.39, 0.29) is 18.3 Å². The highest BCUT2D eigenvalue weighted by Crippen LogP contribution is 2.33. The van der Waals surface area contributed by atoms with Gasteiger partial charge in [-0.15, -0.1) is 0 Å². The van der Waals surface area contributed by atoms with Crippen molar-refractivity contribution in [2.75, 3.05) is 24.2 Å². The standard InChI is InChI=1S/C20H19F3N6O/c1-3-16-18(24-2)28-19(30)29(16)13-5-7-15(25-10-13)17-26-9-11-8-12(20(21,22)23)4-6-14(11)27-17/h3-8,13,24H,1,9-10H2,2H3,(H,26,27)(H,28,30). The number of rotatable bonds is 4. The van der Waals surface area contributed by atoms with Crippen molar-refractivity contribution in [1.82, 2.24) is 9.55 Å². The molecule has 0 fully saturated rings. The van der Waals surface area contributed by atoms with Crippen LogP contribution in [-0.2, 0) is 12.7 Å². The Morgan fingerprint density at radius 3 is 2.77 bits per heavy atom. The van der Waals surface area contributed by atoms with E-state index in [1.54, 1.807) is 23.8 Å². The molecule has 30 heavy (non-hydrogen) atoms. The molecule has 156 valence electrons. The van der Waals surface area contributed by atoms with Crippen molar-refractivity contribution in [3.8, 4) is 0 Å². The molecule has 3 heterocycles. The van der Waals surface area contributed by atoms with E-state index in [2.05, 4.69) is 32.2 Å². The van der Waals surface area contributed by atoms with E-state index in [0.717, 1.165) is 12.1 Å². The molecular weight excluding hydrogens is 397 g/mol. The Hall–Kier alpha value is -3.56. The zero-order chi connectivity index (χ0) is 21.5. The van der Waals surface area contributed by atoms with Gasteiger partial charge < -0.3 is 10.6 Å². The largest absolute Gasteiger partial charge is 0.416 e. The molecular formula is C20H19F3N6O. The maximum atomic E-state index is 12.9. The number of aliphatic imine (C=N–C) groups is 2. The van der Waals surface area contributed by atoms with Crippen LogP contribution in [-0.4, -0.2) is 34.7 Å². The zero-order valence-corrected chi connectivity index (χ0v) is 16.0. The molecule has 1 aromatic heterocycles. The molecule has 3 N–H and O–H groups in total. The Bertz CT molecular complexity index is 1150. The molecule has 0 amide bonds. The first-order valence-corrected chi connectivity index (χ1v) is 9.21. The minimum atomic E-state index is -4.39. The van der Waals surface area contributed by atoms with E-state index in [4.69, 9.17) is 0 Å². The van der Waals surface area contributed by atoms with Crippen molar-refractivity contribution in [2.45, 2.75) is 18.8 Å². The molecule has 7 nitrogen and oxygen atoms in total. The Labute approximate surface area is 169 Å². The van der Waals surface area contributed by atoms with Crippen LogP contribution < -0.4 is 16.3 Å². The number of amidine groups is 1. The van der Waals surface area contributed by atoms with Crippen LogP contribution in [0.2, 0.25) is 0 Å². The average molecular weight is 416 g/mol. The van der Waals surface area contributed by atoms with Crippen LogP contribution >= 0.6 is 0 Å². The number of hydrogen-bond acceptors (Lipinski definition) is 5. The van der Waals surface area contributed by atoms with Crippen molar-refractivity contribution < 1.29 is 13.2 Å². The van der Waals surface area contributed by atoms with E-state index >= 15 is 0 Å². The summed E-state index contributed by atoms with van der Waals surface area (Å²) in [5, 5.41) is 5.97. The highest BCUT2D eigenvalue weighted by atomic mass is 19.4. The van der Waals surface area contributed by atoms with Gasteiger partial charge in [0.1, 0.15) is 5.82 Å². The Balaban J connectivity index is 1.53. The number of hydrogen-bond donors (Lipinski definition) is 3. The van der Waals surface area contributed by atoms with Crippen LogP contribution in [0.4, 0.5) is 24.7 Å². The summed E-state index contributed by atoms with van der Waals surface area (Å²) >= 11 is 0. The van der Waals surface area contributed by atoms with Crippen LogP contribution in [0.3, 0.4) is 0 Å². The predicted molar refractivity (Wildman–Crippen MR) is 111 cm³/mol. The highest BCUT2D eigenvalue weighted by Gasteiger charge is 2.31. The molecule has 0 saturated carbocycles. The molecule has 1 unspecified atom stereocenters. The van der Waals surface area contributed by atoms with Gasteiger partial charge in [-0.1, -0.05) is 12.7 Å². The van der Waals surface area contributed by atoms with Crippen LogP contribution in [0.5, 0.6) is 0 Å². The van der Waals surface area contributed by atoms with Crippen molar-refractivity contribution in [2.24, 2.45) is 9.98 Å². The van der Waals surface area contributed by atoms with Crippen molar-refractivity contribution >= 4 is 29.1 Å². The number of nitrogens with zero attached hydrogens (tertiary/aromatic N) is 3. The molecule has 2 aliphatic rings. The summed E-state index contributed by atoms with van der Waals surface area (Å²) in [4.78, 5) is 23.9. The number of aromatic amines is 1. The van der Waals surface area contributed by atoms with Crippen molar-refractivity contribution in [1.29, 1.82) is 0 Å². The van der Waals surface area contributed by atoms with Gasteiger partial charge in [0.05, 0.1) is 36.1 Å². The van der Waals surface area contributed by atoms with Gasteiger partial charge in [-0.05, 0) is 35.9 Å². The molecule has 0 saturated heterocycles. The quantitative estimate of drug-likeness (QED) is 0.714. The van der Waals surface area contributed by atoms with Gasteiger partial charge in [-0.2, -0.15) is 13.2 Å². The van der Waals surface area contributed by atoms with E-state index < -0.39 is 11.7 Å². The summed E-state index contributed by atoms with van der Waals surface area (Å²) in [6, 6.07) is 3.25. The normalized spacial score (nSPS) is 18.2. The number of benzene rings is 1. The second kappa shape index (κ2) is 7.36. The summed E-state index contributed by atoms with van der Waals surface area (Å²) in [5.74, 6) is 1.06. The smallest absolute Gasteiger partial charge is 0.373 e. The Morgan fingerprint density at radius 1 is 1.33 bits per heavy atom. The van der Waals surface area contributed by atoms with E-state index in [1.807, 2.05) is 6.08 Å². The fraction of sp³-hybridized carbons (Fsp3) is 0.250. The fourth-order valence-corrected chi connectivity index (χ4v) is 3.51. The number of aromatic nitrogens is 2. The second-order valence-corrected chi connectivity index (χ2v) is 6.83. The highest BCUT2D eigenvalue weighted by molar-refractivity contribution is 6.49. The first-order valence-electron chi connectivity index (χ1n) is 9.21. The van der Waals surface area contributed by atoms with Crippen molar-refractivity contribution in [3.05, 3.63) is 64.2 Å². The monoisotopic (exact) mass is 416 g/mol. The van der Waals surface area contributed by atoms with E-state index in [0.29, 0.717) is 40.9 Å². The average Bonchev–Trinajstić information content (AvgIpc) is 3.07. The van der Waals surface area contributed by atoms with Crippen LogP contribution in [0, 0.1) is 0 Å². The zero-order valence-electron chi connectivity index (χ0n) is 16.0. The summed E-state index contributed by atoms with van der Waals surface area (Å²) in [5.41, 5.74) is 1.29. The van der Waals surface area contributed by atoms with Gasteiger partial charge in [0.2, 0.25) is 0 Å². The molecule has 0 bridgehead atoms. The van der Waals surface area contributed by atoms with Gasteiger partial charge in [-0.25, -0.2) is 4.79 Å². The summed E-state index contributed by atoms with van der Waals surface area (Å²) < 4.78 is 40.2. The van der Waals surface area contributed by atoms with Gasteiger partial charge >= 0.3 is 11.9 Å². The number of alkyl halides is 3. The Morgan fingerprint density at radius 2 is 2.13 bits per heavy atom. The third-order valence-corrected chi connectivity index (χ3v) is 5.00. The van der Waals surface area contributed by atoms with Crippen LogP contribution in [0.1, 0.15) is 22.9 Å². The van der Waals surface area contributed by atoms with E-state index in [1.165, 1.54) is 6.07 Å². The summed E-state index contributed by atoms with van der Waals surface area (Å²) in [6.45, 7) is 4.20. The number of imidazole rings is 1. The molecule has 4 rings (SSSR count). The lowest BCUT2D eigenvalue weighted by Crippen LogP contribution is -2.31. The first-order chi connectivity index (χ1) is 14.3. The molecule has 0 aliphatic carbocycles. The van der Waals surface area contributed by atoms with Gasteiger partial charge in [0.15, 0.2) is 5.84 Å².